The average Bonchev–Trinajstić information content (AvgIpc) is 2.61. The lowest BCUT2D eigenvalue weighted by molar-refractivity contribution is 0.626. The summed E-state index contributed by atoms with van der Waals surface area (Å²) >= 11 is 1.36. The van der Waals surface area contributed by atoms with Crippen molar-refractivity contribution in [2.45, 2.75) is 17.3 Å². The molecule has 0 aliphatic heterocycles. The fourth-order valence-electron chi connectivity index (χ4n) is 2.38. The molecule has 0 saturated carbocycles. The van der Waals surface area contributed by atoms with Gasteiger partial charge in [0.25, 0.3) is 0 Å². The fourth-order valence-corrected chi connectivity index (χ4v) is 3.19. The Morgan fingerprint density at radius 2 is 1.80 bits per heavy atom. The summed E-state index contributed by atoms with van der Waals surface area (Å²) in [6, 6.07) is 18.2. The van der Waals surface area contributed by atoms with Crippen LogP contribution >= 0.6 is 11.8 Å². The molecule has 1 aromatic heterocycles. The molecule has 25 heavy (non-hydrogen) atoms. The van der Waals surface area contributed by atoms with E-state index >= 15 is 0 Å². The van der Waals surface area contributed by atoms with E-state index in [9.17, 15) is 9.65 Å². The third-order valence-corrected chi connectivity index (χ3v) is 4.49. The summed E-state index contributed by atoms with van der Waals surface area (Å²) in [6.07, 6.45) is 0.504. The van der Waals surface area contributed by atoms with Crippen molar-refractivity contribution in [3.05, 3.63) is 82.8 Å². The Kier molecular flexibility index (Phi) is 5.26. The predicted molar refractivity (Wildman–Crippen MR) is 96.4 cm³/mol. The first-order valence-electron chi connectivity index (χ1n) is 7.63. The molecule has 124 valence electrons. The number of thioether (sulfide) groups is 1. The first kappa shape index (κ1) is 16.9. The molecular formula is C19H15FN4S. The highest BCUT2D eigenvalue weighted by atomic mass is 32.2. The van der Waals surface area contributed by atoms with Crippen LogP contribution in [-0.2, 0) is 12.2 Å². The van der Waals surface area contributed by atoms with Crippen LogP contribution in [0.1, 0.15) is 22.4 Å². The van der Waals surface area contributed by atoms with Crippen molar-refractivity contribution in [2.75, 3.05) is 5.73 Å². The summed E-state index contributed by atoms with van der Waals surface area (Å²) in [6.45, 7) is 0. The zero-order valence-corrected chi connectivity index (χ0v) is 14.1. The summed E-state index contributed by atoms with van der Waals surface area (Å²) in [5.74, 6) is 0.418. The maximum absolute atomic E-state index is 13.3. The van der Waals surface area contributed by atoms with Gasteiger partial charge in [-0.2, -0.15) is 5.26 Å². The van der Waals surface area contributed by atoms with Crippen molar-refractivity contribution in [2.24, 2.45) is 0 Å². The zero-order valence-electron chi connectivity index (χ0n) is 13.3. The lowest BCUT2D eigenvalue weighted by Crippen LogP contribution is -2.06. The molecule has 0 atom stereocenters. The van der Waals surface area contributed by atoms with Crippen LogP contribution in [0.25, 0.3) is 0 Å². The van der Waals surface area contributed by atoms with Gasteiger partial charge >= 0.3 is 0 Å². The van der Waals surface area contributed by atoms with Gasteiger partial charge in [0.2, 0.25) is 0 Å². The lowest BCUT2D eigenvalue weighted by atomic mass is 10.1. The molecule has 1 heterocycles. The van der Waals surface area contributed by atoms with Crippen molar-refractivity contribution in [3.8, 4) is 6.07 Å². The van der Waals surface area contributed by atoms with E-state index in [4.69, 9.17) is 5.73 Å². The van der Waals surface area contributed by atoms with Crippen LogP contribution in [0.2, 0.25) is 0 Å². The zero-order chi connectivity index (χ0) is 17.6. The minimum absolute atomic E-state index is 0.171. The van der Waals surface area contributed by atoms with Crippen molar-refractivity contribution < 1.29 is 4.39 Å². The van der Waals surface area contributed by atoms with E-state index in [1.54, 1.807) is 6.07 Å². The van der Waals surface area contributed by atoms with Gasteiger partial charge in [0, 0.05) is 12.2 Å². The quantitative estimate of drug-likeness (QED) is 0.557. The molecular weight excluding hydrogens is 335 g/mol. The van der Waals surface area contributed by atoms with Crippen LogP contribution in [0.4, 0.5) is 10.2 Å². The Balaban J connectivity index is 1.84. The van der Waals surface area contributed by atoms with Crippen LogP contribution in [0.15, 0.2) is 59.8 Å². The SMILES string of the molecule is N#Cc1c(N)nc(SCc2cccc(F)c2)nc1Cc1ccccc1. The predicted octanol–water partition coefficient (Wildman–Crippen LogP) is 3.95. The summed E-state index contributed by atoms with van der Waals surface area (Å²) in [5, 5.41) is 9.83. The minimum atomic E-state index is -0.275. The maximum atomic E-state index is 13.3. The Bertz CT molecular complexity index is 922. The normalized spacial score (nSPS) is 10.4. The molecule has 0 amide bonds. The largest absolute Gasteiger partial charge is 0.382 e. The molecule has 6 heteroatoms. The van der Waals surface area contributed by atoms with Crippen molar-refractivity contribution in [1.82, 2.24) is 9.97 Å². The smallest absolute Gasteiger partial charge is 0.190 e. The molecule has 0 saturated heterocycles. The van der Waals surface area contributed by atoms with Gasteiger partial charge in [-0.05, 0) is 23.3 Å². The topological polar surface area (TPSA) is 75.6 Å². The van der Waals surface area contributed by atoms with E-state index in [1.165, 1.54) is 23.9 Å². The Labute approximate surface area is 149 Å². The van der Waals surface area contributed by atoms with E-state index in [1.807, 2.05) is 36.4 Å². The van der Waals surface area contributed by atoms with Gasteiger partial charge in [-0.3, -0.25) is 0 Å². The second kappa shape index (κ2) is 7.77. The first-order chi connectivity index (χ1) is 12.2. The van der Waals surface area contributed by atoms with Gasteiger partial charge < -0.3 is 5.73 Å². The molecule has 3 aromatic rings. The van der Waals surface area contributed by atoms with Gasteiger partial charge in [-0.25, -0.2) is 14.4 Å². The second-order valence-electron chi connectivity index (χ2n) is 5.41. The third kappa shape index (κ3) is 4.34. The Morgan fingerprint density at radius 3 is 2.52 bits per heavy atom. The number of hydrogen-bond donors (Lipinski definition) is 1. The Morgan fingerprint density at radius 1 is 1.04 bits per heavy atom. The first-order valence-corrected chi connectivity index (χ1v) is 8.62. The molecule has 0 spiro atoms. The lowest BCUT2D eigenvalue weighted by Gasteiger charge is -2.09. The molecule has 0 unspecified atom stereocenters. The van der Waals surface area contributed by atoms with Gasteiger partial charge in [0.1, 0.15) is 23.3 Å². The third-order valence-electron chi connectivity index (χ3n) is 3.57. The average molecular weight is 350 g/mol. The van der Waals surface area contributed by atoms with Gasteiger partial charge in [-0.1, -0.05) is 54.2 Å². The highest BCUT2D eigenvalue weighted by molar-refractivity contribution is 7.98. The molecule has 0 fully saturated rings. The van der Waals surface area contributed by atoms with E-state index in [-0.39, 0.29) is 11.6 Å². The van der Waals surface area contributed by atoms with Crippen LogP contribution < -0.4 is 5.73 Å². The van der Waals surface area contributed by atoms with Crippen LogP contribution in [0.3, 0.4) is 0 Å². The fraction of sp³-hybridized carbons (Fsp3) is 0.105. The molecule has 0 aliphatic carbocycles. The minimum Gasteiger partial charge on any atom is -0.382 e. The molecule has 0 aliphatic rings. The highest BCUT2D eigenvalue weighted by Gasteiger charge is 2.13. The number of rotatable bonds is 5. The molecule has 3 rings (SSSR count). The number of hydrogen-bond acceptors (Lipinski definition) is 5. The molecule has 2 aromatic carbocycles. The Hall–Kier alpha value is -2.91. The standard InChI is InChI=1S/C19H15FN4S/c20-15-8-4-7-14(9-15)12-25-19-23-17(16(11-21)18(22)24-19)10-13-5-2-1-3-6-13/h1-9H,10,12H2,(H2,22,23,24). The van der Waals surface area contributed by atoms with Crippen molar-refractivity contribution in [3.63, 3.8) is 0 Å². The second-order valence-corrected chi connectivity index (χ2v) is 6.35. The maximum Gasteiger partial charge on any atom is 0.190 e. The van der Waals surface area contributed by atoms with E-state index in [0.717, 1.165) is 11.1 Å². The van der Waals surface area contributed by atoms with Crippen molar-refractivity contribution >= 4 is 17.6 Å². The van der Waals surface area contributed by atoms with E-state index in [2.05, 4.69) is 16.0 Å². The molecule has 2 N–H and O–H groups in total. The number of nitrogens with two attached hydrogens (primary N) is 1. The number of nitriles is 1. The summed E-state index contributed by atoms with van der Waals surface area (Å²) in [7, 11) is 0. The van der Waals surface area contributed by atoms with Crippen LogP contribution in [-0.4, -0.2) is 9.97 Å². The number of nitrogen functional groups attached to an aromatic ring is 1. The van der Waals surface area contributed by atoms with Gasteiger partial charge in [0.15, 0.2) is 5.16 Å². The van der Waals surface area contributed by atoms with Gasteiger partial charge in [0.05, 0.1) is 5.69 Å². The summed E-state index contributed by atoms with van der Waals surface area (Å²) in [4.78, 5) is 8.69. The van der Waals surface area contributed by atoms with E-state index in [0.29, 0.717) is 28.6 Å². The number of benzene rings is 2. The summed E-state index contributed by atoms with van der Waals surface area (Å²) < 4.78 is 13.3. The monoisotopic (exact) mass is 350 g/mol. The summed E-state index contributed by atoms with van der Waals surface area (Å²) in [5.41, 5.74) is 8.71. The number of nitrogens with zero attached hydrogens (tertiary/aromatic N) is 3. The number of aromatic nitrogens is 2. The van der Waals surface area contributed by atoms with Gasteiger partial charge in [-0.15, -0.1) is 0 Å². The highest BCUT2D eigenvalue weighted by Crippen LogP contribution is 2.24. The van der Waals surface area contributed by atoms with E-state index < -0.39 is 0 Å². The number of halogens is 1. The number of anilines is 1. The van der Waals surface area contributed by atoms with Crippen LogP contribution in [0.5, 0.6) is 0 Å². The molecule has 0 bridgehead atoms. The van der Waals surface area contributed by atoms with Crippen LogP contribution in [0, 0.1) is 17.1 Å². The molecule has 0 radical (unpaired) electrons. The molecule has 4 nitrogen and oxygen atoms in total. The van der Waals surface area contributed by atoms with Crippen molar-refractivity contribution in [1.29, 1.82) is 5.26 Å².